The largest absolute Gasteiger partial charge is 0.326 e. The Morgan fingerprint density at radius 2 is 1.60 bits per heavy atom. The summed E-state index contributed by atoms with van der Waals surface area (Å²) in [4.78, 5) is 39.4. The number of halogens is 2. The molecule has 5 nitrogen and oxygen atoms in total. The molecule has 1 aliphatic heterocycles. The van der Waals surface area contributed by atoms with Gasteiger partial charge in [0.15, 0.2) is 0 Å². The molecule has 0 unspecified atom stereocenters. The van der Waals surface area contributed by atoms with E-state index < -0.39 is 0 Å². The van der Waals surface area contributed by atoms with E-state index in [1.54, 1.807) is 12.1 Å². The first-order chi connectivity index (χ1) is 12.0. The number of likely N-dealkylation sites (tertiary alicyclic amines) is 1. The summed E-state index contributed by atoms with van der Waals surface area (Å²) in [7, 11) is 0. The second kappa shape index (κ2) is 6.50. The number of anilines is 1. The third-order valence-corrected chi connectivity index (χ3v) is 8.91. The van der Waals surface area contributed by atoms with Gasteiger partial charge in [0.1, 0.15) is 0 Å². The van der Waals surface area contributed by atoms with Crippen molar-refractivity contribution >= 4 is 55.3 Å². The molecule has 1 aromatic carbocycles. The van der Waals surface area contributed by atoms with Gasteiger partial charge in [0.25, 0.3) is 0 Å². The van der Waals surface area contributed by atoms with E-state index in [0.717, 1.165) is 6.42 Å². The van der Waals surface area contributed by atoms with E-state index in [4.69, 9.17) is 0 Å². The van der Waals surface area contributed by atoms with E-state index in [1.807, 2.05) is 18.2 Å². The lowest BCUT2D eigenvalue weighted by Gasteiger charge is -2.28. The summed E-state index contributed by atoms with van der Waals surface area (Å²) in [5, 5.41) is 2.79. The molecule has 4 rings (SSSR count). The zero-order valence-electron chi connectivity index (χ0n) is 13.4. The Balaban J connectivity index is 1.40. The Kier molecular flexibility index (Phi) is 4.48. The molecule has 7 heteroatoms. The van der Waals surface area contributed by atoms with Gasteiger partial charge in [-0.2, -0.15) is 0 Å². The SMILES string of the molecule is O=C(CCN1C(=O)[C@@H]2[C@H]3C[C@H]([C@H](Br)[C@@H]3Br)[C@@H]2C1=O)Nc1ccccc1. The molecule has 2 bridgehead atoms. The van der Waals surface area contributed by atoms with E-state index in [1.165, 1.54) is 4.90 Å². The highest BCUT2D eigenvalue weighted by molar-refractivity contribution is 9.12. The highest BCUT2D eigenvalue weighted by Gasteiger charge is 2.66. The number of alkyl halides is 2. The Labute approximate surface area is 162 Å². The Hall–Kier alpha value is -1.21. The van der Waals surface area contributed by atoms with Crippen molar-refractivity contribution in [2.24, 2.45) is 23.7 Å². The van der Waals surface area contributed by atoms with Crippen LogP contribution in [0.2, 0.25) is 0 Å². The average molecular weight is 470 g/mol. The molecule has 3 amide bonds. The predicted molar refractivity (Wildman–Crippen MR) is 100 cm³/mol. The topological polar surface area (TPSA) is 66.5 Å². The number of amides is 3. The second-order valence-corrected chi connectivity index (χ2v) is 9.11. The number of hydrogen-bond acceptors (Lipinski definition) is 3. The molecule has 0 radical (unpaired) electrons. The van der Waals surface area contributed by atoms with Crippen LogP contribution in [0.4, 0.5) is 5.69 Å². The fourth-order valence-electron chi connectivity index (χ4n) is 4.59. The lowest BCUT2D eigenvalue weighted by atomic mass is 9.81. The highest BCUT2D eigenvalue weighted by Crippen LogP contribution is 2.60. The molecule has 1 aromatic rings. The van der Waals surface area contributed by atoms with Gasteiger partial charge in [0.2, 0.25) is 17.7 Å². The fraction of sp³-hybridized carbons (Fsp3) is 0.500. The number of carbonyl (C=O) groups excluding carboxylic acids is 3. The molecule has 132 valence electrons. The van der Waals surface area contributed by atoms with Crippen molar-refractivity contribution in [2.45, 2.75) is 22.5 Å². The maximum Gasteiger partial charge on any atom is 0.233 e. The lowest BCUT2D eigenvalue weighted by Crippen LogP contribution is -2.37. The Bertz CT molecular complexity index is 694. The molecule has 1 N–H and O–H groups in total. The zero-order chi connectivity index (χ0) is 17.7. The van der Waals surface area contributed by atoms with Gasteiger partial charge in [0.05, 0.1) is 11.8 Å². The van der Waals surface area contributed by atoms with Gasteiger partial charge in [-0.1, -0.05) is 50.1 Å². The Morgan fingerprint density at radius 1 is 1.04 bits per heavy atom. The molecule has 3 aliphatic rings. The molecule has 0 aromatic heterocycles. The standard InChI is InChI=1S/C18H18Br2N2O3/c19-15-10-8-11(16(15)20)14-13(10)17(24)22(18(14)25)7-6-12(23)21-9-4-2-1-3-5-9/h1-5,10-11,13-16H,6-8H2,(H,21,23)/t10-,11+,13-,14+,15-,16+. The molecule has 2 aliphatic carbocycles. The summed E-state index contributed by atoms with van der Waals surface area (Å²) in [6.45, 7) is 0.155. The van der Waals surface area contributed by atoms with Crippen molar-refractivity contribution < 1.29 is 14.4 Å². The van der Waals surface area contributed by atoms with Gasteiger partial charge in [-0.3, -0.25) is 19.3 Å². The smallest absolute Gasteiger partial charge is 0.233 e. The fourth-order valence-corrected chi connectivity index (χ4v) is 6.46. The van der Waals surface area contributed by atoms with Gasteiger partial charge in [-0.15, -0.1) is 0 Å². The summed E-state index contributed by atoms with van der Waals surface area (Å²) >= 11 is 7.34. The number of benzene rings is 1. The van der Waals surface area contributed by atoms with Crippen molar-refractivity contribution in [3.63, 3.8) is 0 Å². The van der Waals surface area contributed by atoms with Crippen LogP contribution in [0.25, 0.3) is 0 Å². The van der Waals surface area contributed by atoms with Crippen LogP contribution >= 0.6 is 31.9 Å². The first-order valence-corrected chi connectivity index (χ1v) is 10.3. The summed E-state index contributed by atoms with van der Waals surface area (Å²) in [5.74, 6) is -0.403. The van der Waals surface area contributed by atoms with Crippen molar-refractivity contribution in [1.29, 1.82) is 0 Å². The van der Waals surface area contributed by atoms with E-state index >= 15 is 0 Å². The molecular formula is C18H18Br2N2O3. The van der Waals surface area contributed by atoms with Gasteiger partial charge in [0, 0.05) is 28.3 Å². The van der Waals surface area contributed by atoms with E-state index in [9.17, 15) is 14.4 Å². The number of nitrogens with zero attached hydrogens (tertiary/aromatic N) is 1. The first-order valence-electron chi connectivity index (χ1n) is 8.47. The highest BCUT2D eigenvalue weighted by atomic mass is 79.9. The zero-order valence-corrected chi connectivity index (χ0v) is 16.6. The number of hydrogen-bond donors (Lipinski definition) is 1. The summed E-state index contributed by atoms with van der Waals surface area (Å²) in [6.07, 6.45) is 1.04. The predicted octanol–water partition coefficient (Wildman–Crippen LogP) is 2.79. The van der Waals surface area contributed by atoms with Crippen LogP contribution in [-0.2, 0) is 14.4 Å². The van der Waals surface area contributed by atoms with Crippen LogP contribution in [0.15, 0.2) is 30.3 Å². The van der Waals surface area contributed by atoms with Crippen LogP contribution in [0.5, 0.6) is 0 Å². The molecular weight excluding hydrogens is 452 g/mol. The maximum absolute atomic E-state index is 12.7. The van der Waals surface area contributed by atoms with Crippen LogP contribution < -0.4 is 5.32 Å². The first kappa shape index (κ1) is 17.2. The summed E-state index contributed by atoms with van der Waals surface area (Å²) < 4.78 is 0. The van der Waals surface area contributed by atoms with Crippen LogP contribution in [0.3, 0.4) is 0 Å². The monoisotopic (exact) mass is 468 g/mol. The number of carbonyl (C=O) groups is 3. The van der Waals surface area contributed by atoms with Gasteiger partial charge < -0.3 is 5.32 Å². The van der Waals surface area contributed by atoms with Crippen molar-refractivity contribution in [3.8, 4) is 0 Å². The third kappa shape index (κ3) is 2.76. The molecule has 1 saturated heterocycles. The normalized spacial score (nSPS) is 36.0. The number of para-hydroxylation sites is 1. The maximum atomic E-state index is 12.7. The third-order valence-electron chi connectivity index (χ3n) is 5.70. The van der Waals surface area contributed by atoms with Crippen LogP contribution in [0, 0.1) is 23.7 Å². The Morgan fingerprint density at radius 3 is 2.16 bits per heavy atom. The number of rotatable bonds is 4. The molecule has 0 spiro atoms. The minimum absolute atomic E-state index is 0.0983. The minimum Gasteiger partial charge on any atom is -0.326 e. The summed E-state index contributed by atoms with van der Waals surface area (Å²) in [6, 6.07) is 9.16. The lowest BCUT2D eigenvalue weighted by molar-refractivity contribution is -0.140. The van der Waals surface area contributed by atoms with Crippen LogP contribution in [0.1, 0.15) is 12.8 Å². The van der Waals surface area contributed by atoms with Crippen molar-refractivity contribution in [2.75, 3.05) is 11.9 Å². The molecule has 1 heterocycles. The van der Waals surface area contributed by atoms with Gasteiger partial charge in [-0.25, -0.2) is 0 Å². The van der Waals surface area contributed by atoms with Crippen molar-refractivity contribution in [3.05, 3.63) is 30.3 Å². The average Bonchev–Trinajstić information content (AvgIpc) is 3.20. The quantitative estimate of drug-likeness (QED) is 0.544. The number of nitrogens with one attached hydrogen (secondary N) is 1. The number of imide groups is 1. The van der Waals surface area contributed by atoms with E-state index in [-0.39, 0.29) is 64.0 Å². The molecule has 6 atom stereocenters. The molecule has 2 saturated carbocycles. The minimum atomic E-state index is -0.215. The summed E-state index contributed by atoms with van der Waals surface area (Å²) in [5.41, 5.74) is 0.714. The van der Waals surface area contributed by atoms with Gasteiger partial charge >= 0.3 is 0 Å². The number of fused-ring (bicyclic) bond motifs is 5. The van der Waals surface area contributed by atoms with E-state index in [2.05, 4.69) is 37.2 Å². The molecule has 3 fully saturated rings. The van der Waals surface area contributed by atoms with Crippen LogP contribution in [-0.4, -0.2) is 38.8 Å². The second-order valence-electron chi connectivity index (χ2n) is 7.00. The van der Waals surface area contributed by atoms with Gasteiger partial charge in [-0.05, 0) is 30.4 Å². The van der Waals surface area contributed by atoms with Crippen molar-refractivity contribution in [1.82, 2.24) is 4.90 Å². The molecule has 25 heavy (non-hydrogen) atoms. The van der Waals surface area contributed by atoms with E-state index in [0.29, 0.717) is 5.69 Å².